The predicted octanol–water partition coefficient (Wildman–Crippen LogP) is 2.49. The average molecular weight is 276 g/mol. The van der Waals surface area contributed by atoms with Crippen molar-refractivity contribution in [3.8, 4) is 0 Å². The van der Waals surface area contributed by atoms with Crippen LogP contribution in [-0.2, 0) is 18.5 Å². The standard InChI is InChI=1S/C15H21FN4/c1-11(2)9-20-14(18-10-19-20)8-15(3,17)12-6-4-5-7-13(12)16/h4-7,10-11H,8-9,17H2,1-3H3. The summed E-state index contributed by atoms with van der Waals surface area (Å²) in [6.45, 7) is 6.83. The minimum Gasteiger partial charge on any atom is -0.321 e. The van der Waals surface area contributed by atoms with E-state index < -0.39 is 5.54 Å². The maximum atomic E-state index is 13.9. The molecule has 0 aliphatic heterocycles. The number of nitrogens with zero attached hydrogens (tertiary/aromatic N) is 3. The van der Waals surface area contributed by atoms with E-state index in [1.54, 1.807) is 18.2 Å². The summed E-state index contributed by atoms with van der Waals surface area (Å²) in [5, 5.41) is 4.21. The van der Waals surface area contributed by atoms with Gasteiger partial charge in [-0.15, -0.1) is 0 Å². The van der Waals surface area contributed by atoms with Crippen molar-refractivity contribution in [1.82, 2.24) is 14.8 Å². The molecule has 0 amide bonds. The highest BCUT2D eigenvalue weighted by Gasteiger charge is 2.27. The van der Waals surface area contributed by atoms with E-state index in [9.17, 15) is 4.39 Å². The van der Waals surface area contributed by atoms with Crippen molar-refractivity contribution in [2.75, 3.05) is 0 Å². The van der Waals surface area contributed by atoms with Crippen LogP contribution < -0.4 is 5.73 Å². The number of halogens is 1. The molecular weight excluding hydrogens is 255 g/mol. The molecule has 0 saturated carbocycles. The maximum absolute atomic E-state index is 13.9. The van der Waals surface area contributed by atoms with E-state index in [4.69, 9.17) is 5.73 Å². The van der Waals surface area contributed by atoms with E-state index in [2.05, 4.69) is 23.9 Å². The Morgan fingerprint density at radius 3 is 2.70 bits per heavy atom. The Morgan fingerprint density at radius 1 is 1.35 bits per heavy atom. The Morgan fingerprint density at radius 2 is 2.05 bits per heavy atom. The first-order chi connectivity index (χ1) is 9.40. The molecule has 0 aliphatic carbocycles. The number of hydrogen-bond donors (Lipinski definition) is 1. The Bertz CT molecular complexity index is 575. The van der Waals surface area contributed by atoms with Crippen molar-refractivity contribution in [1.29, 1.82) is 0 Å². The second-order valence-electron chi connectivity index (χ2n) is 5.83. The molecule has 0 bridgehead atoms. The van der Waals surface area contributed by atoms with Crippen LogP contribution in [0.3, 0.4) is 0 Å². The lowest BCUT2D eigenvalue weighted by molar-refractivity contribution is 0.410. The van der Waals surface area contributed by atoms with Crippen LogP contribution in [0.4, 0.5) is 4.39 Å². The molecule has 0 spiro atoms. The number of benzene rings is 1. The largest absolute Gasteiger partial charge is 0.321 e. The van der Waals surface area contributed by atoms with Gasteiger partial charge in [-0.25, -0.2) is 14.1 Å². The van der Waals surface area contributed by atoms with Gasteiger partial charge in [0.05, 0.1) is 0 Å². The monoisotopic (exact) mass is 276 g/mol. The molecule has 1 heterocycles. The molecule has 2 aromatic rings. The lowest BCUT2D eigenvalue weighted by Gasteiger charge is -2.25. The fourth-order valence-corrected chi connectivity index (χ4v) is 2.27. The minimum atomic E-state index is -0.812. The molecule has 0 radical (unpaired) electrons. The van der Waals surface area contributed by atoms with Gasteiger partial charge in [-0.1, -0.05) is 32.0 Å². The van der Waals surface area contributed by atoms with Gasteiger partial charge in [-0.05, 0) is 18.9 Å². The van der Waals surface area contributed by atoms with E-state index in [1.165, 1.54) is 12.4 Å². The van der Waals surface area contributed by atoms with Gasteiger partial charge in [0.1, 0.15) is 18.0 Å². The van der Waals surface area contributed by atoms with Crippen molar-refractivity contribution in [3.63, 3.8) is 0 Å². The van der Waals surface area contributed by atoms with Gasteiger partial charge < -0.3 is 5.73 Å². The summed E-state index contributed by atoms with van der Waals surface area (Å²) in [4.78, 5) is 4.26. The average Bonchev–Trinajstić information content (AvgIpc) is 2.75. The quantitative estimate of drug-likeness (QED) is 0.912. The third kappa shape index (κ3) is 3.22. The summed E-state index contributed by atoms with van der Waals surface area (Å²) in [6, 6.07) is 6.61. The molecule has 4 nitrogen and oxygen atoms in total. The first-order valence-corrected chi connectivity index (χ1v) is 6.80. The number of nitrogens with two attached hydrogens (primary N) is 1. The summed E-state index contributed by atoms with van der Waals surface area (Å²) in [6.07, 6.45) is 1.97. The number of hydrogen-bond acceptors (Lipinski definition) is 3. The lowest BCUT2D eigenvalue weighted by Crippen LogP contribution is -2.37. The second kappa shape index (κ2) is 5.71. The molecule has 1 atom stereocenters. The highest BCUT2D eigenvalue weighted by molar-refractivity contribution is 5.26. The first kappa shape index (κ1) is 14.7. The van der Waals surface area contributed by atoms with E-state index in [-0.39, 0.29) is 5.82 Å². The van der Waals surface area contributed by atoms with Gasteiger partial charge in [0, 0.05) is 24.1 Å². The van der Waals surface area contributed by atoms with Gasteiger partial charge in [-0.3, -0.25) is 0 Å². The third-order valence-corrected chi connectivity index (χ3v) is 3.25. The summed E-state index contributed by atoms with van der Waals surface area (Å²) < 4.78 is 15.7. The molecular formula is C15H21FN4. The maximum Gasteiger partial charge on any atom is 0.138 e. The Balaban J connectivity index is 2.25. The first-order valence-electron chi connectivity index (χ1n) is 6.80. The Kier molecular flexibility index (Phi) is 4.18. The van der Waals surface area contributed by atoms with Gasteiger partial charge >= 0.3 is 0 Å². The SMILES string of the molecule is CC(C)Cn1ncnc1CC(C)(N)c1ccccc1F. The molecule has 0 aliphatic rings. The van der Waals surface area contributed by atoms with Crippen LogP contribution in [-0.4, -0.2) is 14.8 Å². The number of aromatic nitrogens is 3. The van der Waals surface area contributed by atoms with E-state index in [0.717, 1.165) is 12.4 Å². The van der Waals surface area contributed by atoms with Crippen molar-refractivity contribution in [2.24, 2.45) is 11.7 Å². The van der Waals surface area contributed by atoms with E-state index in [1.807, 2.05) is 11.6 Å². The minimum absolute atomic E-state index is 0.285. The van der Waals surface area contributed by atoms with Crippen LogP contribution in [0.1, 0.15) is 32.2 Å². The fraction of sp³-hybridized carbons (Fsp3) is 0.467. The zero-order valence-corrected chi connectivity index (χ0v) is 12.2. The van der Waals surface area contributed by atoms with Gasteiger partial charge in [-0.2, -0.15) is 5.10 Å². The van der Waals surface area contributed by atoms with Crippen LogP contribution in [0.5, 0.6) is 0 Å². The van der Waals surface area contributed by atoms with Gasteiger partial charge in [0.25, 0.3) is 0 Å². The Labute approximate surface area is 118 Å². The molecule has 5 heteroatoms. The van der Waals surface area contributed by atoms with Crippen molar-refractivity contribution < 1.29 is 4.39 Å². The van der Waals surface area contributed by atoms with Crippen molar-refractivity contribution in [2.45, 2.75) is 39.3 Å². The van der Waals surface area contributed by atoms with Gasteiger partial charge in [0.2, 0.25) is 0 Å². The zero-order valence-electron chi connectivity index (χ0n) is 12.2. The molecule has 0 fully saturated rings. The number of rotatable bonds is 5. The molecule has 20 heavy (non-hydrogen) atoms. The molecule has 1 unspecified atom stereocenters. The molecule has 2 rings (SSSR count). The highest BCUT2D eigenvalue weighted by Crippen LogP contribution is 2.24. The zero-order chi connectivity index (χ0) is 14.8. The molecule has 2 N–H and O–H groups in total. The molecule has 1 aromatic heterocycles. The van der Waals surface area contributed by atoms with Crippen LogP contribution in [0, 0.1) is 11.7 Å². The fourth-order valence-electron chi connectivity index (χ4n) is 2.27. The topological polar surface area (TPSA) is 56.7 Å². The van der Waals surface area contributed by atoms with Crippen LogP contribution in [0.15, 0.2) is 30.6 Å². The van der Waals surface area contributed by atoms with Crippen LogP contribution in [0.25, 0.3) is 0 Å². The second-order valence-corrected chi connectivity index (χ2v) is 5.83. The van der Waals surface area contributed by atoms with Gasteiger partial charge in [0.15, 0.2) is 0 Å². The Hall–Kier alpha value is -1.75. The smallest absolute Gasteiger partial charge is 0.138 e. The summed E-state index contributed by atoms with van der Waals surface area (Å²) in [7, 11) is 0. The van der Waals surface area contributed by atoms with Crippen molar-refractivity contribution in [3.05, 3.63) is 47.8 Å². The van der Waals surface area contributed by atoms with E-state index >= 15 is 0 Å². The predicted molar refractivity (Wildman–Crippen MR) is 76.5 cm³/mol. The van der Waals surface area contributed by atoms with Crippen LogP contribution >= 0.6 is 0 Å². The van der Waals surface area contributed by atoms with Crippen molar-refractivity contribution >= 4 is 0 Å². The van der Waals surface area contributed by atoms with Crippen LogP contribution in [0.2, 0.25) is 0 Å². The van der Waals surface area contributed by atoms with E-state index in [0.29, 0.717) is 17.9 Å². The summed E-state index contributed by atoms with van der Waals surface area (Å²) in [5.41, 5.74) is 6.00. The normalized spacial score (nSPS) is 14.5. The molecule has 0 saturated heterocycles. The lowest BCUT2D eigenvalue weighted by atomic mass is 9.89. The molecule has 108 valence electrons. The summed E-state index contributed by atoms with van der Waals surface area (Å²) >= 11 is 0. The third-order valence-electron chi connectivity index (χ3n) is 3.25. The molecule has 1 aromatic carbocycles. The highest BCUT2D eigenvalue weighted by atomic mass is 19.1. The summed E-state index contributed by atoms with van der Waals surface area (Å²) in [5.74, 6) is 0.965.